The highest BCUT2D eigenvalue weighted by Gasteiger charge is 2.21. The van der Waals surface area contributed by atoms with E-state index in [4.69, 9.17) is 10.5 Å². The lowest BCUT2D eigenvalue weighted by Crippen LogP contribution is -2.39. The Morgan fingerprint density at radius 3 is 3.06 bits per heavy atom. The zero-order chi connectivity index (χ0) is 12.5. The molecule has 4 heteroatoms. The number of ether oxygens (including phenoxy) is 1. The summed E-state index contributed by atoms with van der Waals surface area (Å²) in [6.07, 6.45) is 5.52. The quantitative estimate of drug-likeness (QED) is 0.541. The molecule has 0 radical (unpaired) electrons. The van der Waals surface area contributed by atoms with Crippen LogP contribution in [0.3, 0.4) is 0 Å². The van der Waals surface area contributed by atoms with Gasteiger partial charge in [0.1, 0.15) is 0 Å². The molecule has 0 spiro atoms. The maximum atomic E-state index is 11.6. The molecule has 4 nitrogen and oxygen atoms in total. The van der Waals surface area contributed by atoms with Crippen LogP contribution in [0, 0.1) is 5.92 Å². The van der Waals surface area contributed by atoms with E-state index in [9.17, 15) is 4.79 Å². The minimum Gasteiger partial charge on any atom is -0.465 e. The second-order valence-corrected chi connectivity index (χ2v) is 4.89. The monoisotopic (exact) mass is 242 g/mol. The molecule has 2 N–H and O–H groups in total. The maximum Gasteiger partial charge on any atom is 0.320 e. The Labute approximate surface area is 104 Å². The lowest BCUT2D eigenvalue weighted by atomic mass is 9.95. The van der Waals surface area contributed by atoms with E-state index in [1.165, 1.54) is 12.8 Å². The summed E-state index contributed by atoms with van der Waals surface area (Å²) in [5.41, 5.74) is 5.58. The number of esters is 1. The zero-order valence-corrected chi connectivity index (χ0v) is 11.0. The maximum absolute atomic E-state index is 11.6. The first-order valence-corrected chi connectivity index (χ1v) is 6.84. The third-order valence-electron chi connectivity index (χ3n) is 3.29. The number of hydrogen-bond donors (Lipinski definition) is 1. The van der Waals surface area contributed by atoms with Crippen LogP contribution in [0.25, 0.3) is 0 Å². The molecule has 1 saturated heterocycles. The van der Waals surface area contributed by atoms with E-state index in [0.717, 1.165) is 38.9 Å². The van der Waals surface area contributed by atoms with Crippen molar-refractivity contribution in [3.8, 4) is 0 Å². The first-order chi connectivity index (χ1) is 8.26. The van der Waals surface area contributed by atoms with Crippen molar-refractivity contribution in [2.45, 2.75) is 39.0 Å². The summed E-state index contributed by atoms with van der Waals surface area (Å²) in [4.78, 5) is 13.8. The van der Waals surface area contributed by atoms with Crippen molar-refractivity contribution in [3.63, 3.8) is 0 Å². The standard InChI is InChI=1S/C13H26N2O2/c1-2-3-9-17-13(16)11-15-8-4-5-12(10-15)6-7-14/h12H,2-11,14H2,1H3. The van der Waals surface area contributed by atoms with Gasteiger partial charge in [-0.25, -0.2) is 0 Å². The molecule has 0 aromatic rings. The van der Waals surface area contributed by atoms with Crippen molar-refractivity contribution < 1.29 is 9.53 Å². The Hall–Kier alpha value is -0.610. The lowest BCUT2D eigenvalue weighted by molar-refractivity contribution is -0.145. The Balaban J connectivity index is 2.18. The fraction of sp³-hybridized carbons (Fsp3) is 0.923. The first kappa shape index (κ1) is 14.5. The molecule has 1 rings (SSSR count). The van der Waals surface area contributed by atoms with Gasteiger partial charge in [-0.15, -0.1) is 0 Å². The van der Waals surface area contributed by atoms with Crippen LogP contribution < -0.4 is 5.73 Å². The van der Waals surface area contributed by atoms with Gasteiger partial charge in [0.05, 0.1) is 13.2 Å². The number of nitrogens with two attached hydrogens (primary N) is 1. The van der Waals surface area contributed by atoms with Gasteiger partial charge in [0.15, 0.2) is 0 Å². The van der Waals surface area contributed by atoms with Gasteiger partial charge in [-0.05, 0) is 44.7 Å². The van der Waals surface area contributed by atoms with Crippen LogP contribution in [-0.2, 0) is 9.53 Å². The van der Waals surface area contributed by atoms with Crippen LogP contribution in [0.2, 0.25) is 0 Å². The largest absolute Gasteiger partial charge is 0.465 e. The molecular weight excluding hydrogens is 216 g/mol. The third kappa shape index (κ3) is 6.03. The molecule has 1 aliphatic rings. The van der Waals surface area contributed by atoms with Gasteiger partial charge in [0.2, 0.25) is 0 Å². The summed E-state index contributed by atoms with van der Waals surface area (Å²) >= 11 is 0. The minimum atomic E-state index is -0.0770. The highest BCUT2D eigenvalue weighted by Crippen LogP contribution is 2.18. The average molecular weight is 242 g/mol. The fourth-order valence-corrected chi connectivity index (χ4v) is 2.32. The highest BCUT2D eigenvalue weighted by molar-refractivity contribution is 5.71. The van der Waals surface area contributed by atoms with Crippen LogP contribution in [0.1, 0.15) is 39.0 Å². The first-order valence-electron chi connectivity index (χ1n) is 6.84. The number of rotatable bonds is 7. The summed E-state index contributed by atoms with van der Waals surface area (Å²) in [5.74, 6) is 0.587. The number of unbranched alkanes of at least 4 members (excludes halogenated alkanes) is 1. The van der Waals surface area contributed by atoms with Crippen LogP contribution in [0.4, 0.5) is 0 Å². The summed E-state index contributed by atoms with van der Waals surface area (Å²) in [5, 5.41) is 0. The molecule has 0 bridgehead atoms. The number of carbonyl (C=O) groups excluding carboxylic acids is 1. The molecule has 1 atom stereocenters. The van der Waals surface area contributed by atoms with Crippen molar-refractivity contribution in [1.29, 1.82) is 0 Å². The number of nitrogens with zero attached hydrogens (tertiary/aromatic N) is 1. The van der Waals surface area contributed by atoms with Crippen molar-refractivity contribution >= 4 is 5.97 Å². The van der Waals surface area contributed by atoms with Gasteiger partial charge in [-0.2, -0.15) is 0 Å². The summed E-state index contributed by atoms with van der Waals surface area (Å²) in [6.45, 7) is 5.87. The highest BCUT2D eigenvalue weighted by atomic mass is 16.5. The van der Waals surface area contributed by atoms with Gasteiger partial charge in [-0.3, -0.25) is 9.69 Å². The van der Waals surface area contributed by atoms with Crippen LogP contribution in [0.15, 0.2) is 0 Å². The topological polar surface area (TPSA) is 55.6 Å². The van der Waals surface area contributed by atoms with Crippen molar-refractivity contribution in [2.24, 2.45) is 11.7 Å². The average Bonchev–Trinajstić information content (AvgIpc) is 2.30. The predicted molar refractivity (Wildman–Crippen MR) is 68.7 cm³/mol. The third-order valence-corrected chi connectivity index (χ3v) is 3.29. The number of likely N-dealkylation sites (tertiary alicyclic amines) is 1. The Morgan fingerprint density at radius 1 is 1.53 bits per heavy atom. The molecule has 0 amide bonds. The predicted octanol–water partition coefficient (Wildman–Crippen LogP) is 1.39. The Bertz CT molecular complexity index is 219. The SMILES string of the molecule is CCCCOC(=O)CN1CCCC(CCN)C1. The Morgan fingerprint density at radius 2 is 2.35 bits per heavy atom. The van der Waals surface area contributed by atoms with E-state index in [0.29, 0.717) is 19.1 Å². The molecule has 0 aliphatic carbocycles. The van der Waals surface area contributed by atoms with Crippen LogP contribution in [0.5, 0.6) is 0 Å². The second kappa shape index (κ2) is 8.48. The van der Waals surface area contributed by atoms with E-state index in [1.807, 2.05) is 0 Å². The molecule has 1 unspecified atom stereocenters. The van der Waals surface area contributed by atoms with Gasteiger partial charge >= 0.3 is 5.97 Å². The van der Waals surface area contributed by atoms with Crippen LogP contribution >= 0.6 is 0 Å². The van der Waals surface area contributed by atoms with Crippen molar-refractivity contribution in [1.82, 2.24) is 4.90 Å². The molecule has 0 saturated carbocycles. The molecule has 0 aromatic carbocycles. The van der Waals surface area contributed by atoms with E-state index >= 15 is 0 Å². The summed E-state index contributed by atoms with van der Waals surface area (Å²) < 4.78 is 5.18. The van der Waals surface area contributed by atoms with E-state index < -0.39 is 0 Å². The minimum absolute atomic E-state index is 0.0770. The molecule has 0 aromatic heterocycles. The van der Waals surface area contributed by atoms with E-state index in [-0.39, 0.29) is 5.97 Å². The Kier molecular flexibility index (Phi) is 7.21. The molecule has 100 valence electrons. The van der Waals surface area contributed by atoms with Gasteiger partial charge < -0.3 is 10.5 Å². The van der Waals surface area contributed by atoms with E-state index in [1.54, 1.807) is 0 Å². The van der Waals surface area contributed by atoms with Gasteiger partial charge in [-0.1, -0.05) is 13.3 Å². The smallest absolute Gasteiger partial charge is 0.320 e. The molecular formula is C13H26N2O2. The molecule has 1 aliphatic heterocycles. The van der Waals surface area contributed by atoms with Crippen LogP contribution in [-0.4, -0.2) is 43.7 Å². The molecule has 17 heavy (non-hydrogen) atoms. The summed E-state index contributed by atoms with van der Waals surface area (Å²) in [7, 11) is 0. The second-order valence-electron chi connectivity index (χ2n) is 4.89. The number of carbonyl (C=O) groups is 1. The lowest BCUT2D eigenvalue weighted by Gasteiger charge is -2.31. The molecule has 1 fully saturated rings. The number of hydrogen-bond acceptors (Lipinski definition) is 4. The number of piperidine rings is 1. The normalized spacial score (nSPS) is 21.4. The summed E-state index contributed by atoms with van der Waals surface area (Å²) in [6, 6.07) is 0. The molecule has 1 heterocycles. The van der Waals surface area contributed by atoms with E-state index in [2.05, 4.69) is 11.8 Å². The zero-order valence-electron chi connectivity index (χ0n) is 11.0. The fourth-order valence-electron chi connectivity index (χ4n) is 2.32. The van der Waals surface area contributed by atoms with Crippen molar-refractivity contribution in [3.05, 3.63) is 0 Å². The van der Waals surface area contributed by atoms with Gasteiger partial charge in [0, 0.05) is 6.54 Å². The van der Waals surface area contributed by atoms with Gasteiger partial charge in [0.25, 0.3) is 0 Å². The van der Waals surface area contributed by atoms with Crippen molar-refractivity contribution in [2.75, 3.05) is 32.8 Å².